The second-order valence-corrected chi connectivity index (χ2v) is 6.19. The topological polar surface area (TPSA) is 29.5 Å². The van der Waals surface area contributed by atoms with E-state index in [1.165, 1.54) is 25.7 Å². The highest BCUT2D eigenvalue weighted by Gasteiger charge is 2.34. The Morgan fingerprint density at radius 1 is 1.25 bits per heavy atom. The summed E-state index contributed by atoms with van der Waals surface area (Å²) in [5, 5.41) is 9.55. The van der Waals surface area contributed by atoms with Crippen LogP contribution < -0.4 is 0 Å². The van der Waals surface area contributed by atoms with Gasteiger partial charge in [-0.2, -0.15) is 0 Å². The van der Waals surface area contributed by atoms with Gasteiger partial charge in [0, 0.05) is 0 Å². The van der Waals surface area contributed by atoms with Crippen LogP contribution in [0, 0.1) is 11.3 Å². The van der Waals surface area contributed by atoms with Crippen LogP contribution in [0.15, 0.2) is 0 Å². The van der Waals surface area contributed by atoms with Gasteiger partial charge in [-0.1, -0.05) is 40.5 Å². The van der Waals surface area contributed by atoms with Crippen LogP contribution in [0.4, 0.5) is 0 Å². The molecule has 0 spiro atoms. The van der Waals surface area contributed by atoms with Crippen LogP contribution >= 0.6 is 0 Å². The van der Waals surface area contributed by atoms with Crippen molar-refractivity contribution in [1.82, 2.24) is 0 Å². The van der Waals surface area contributed by atoms with Crippen molar-refractivity contribution in [2.75, 3.05) is 6.61 Å². The molecule has 0 amide bonds. The zero-order chi connectivity index (χ0) is 12.2. The van der Waals surface area contributed by atoms with Crippen molar-refractivity contribution < 1.29 is 9.84 Å². The monoisotopic (exact) mass is 228 g/mol. The quantitative estimate of drug-likeness (QED) is 0.799. The number of rotatable bonds is 4. The van der Waals surface area contributed by atoms with Crippen LogP contribution in [0.3, 0.4) is 0 Å². The fraction of sp³-hybridized carbons (Fsp3) is 1.00. The zero-order valence-electron chi connectivity index (χ0n) is 11.3. The van der Waals surface area contributed by atoms with Crippen LogP contribution in [-0.2, 0) is 4.74 Å². The van der Waals surface area contributed by atoms with Crippen LogP contribution in [0.5, 0.6) is 0 Å². The number of aliphatic hydroxyl groups excluding tert-OH is 1. The molecule has 0 aromatic heterocycles. The molecule has 0 saturated heterocycles. The van der Waals surface area contributed by atoms with E-state index in [9.17, 15) is 5.11 Å². The predicted octanol–water partition coefficient (Wildman–Crippen LogP) is 3.38. The van der Waals surface area contributed by atoms with E-state index in [4.69, 9.17) is 4.74 Å². The van der Waals surface area contributed by atoms with E-state index in [0.29, 0.717) is 24.0 Å². The molecular weight excluding hydrogens is 200 g/mol. The van der Waals surface area contributed by atoms with Gasteiger partial charge in [-0.3, -0.25) is 0 Å². The highest BCUT2D eigenvalue weighted by atomic mass is 16.5. The van der Waals surface area contributed by atoms with Gasteiger partial charge in [-0.15, -0.1) is 0 Å². The molecule has 1 rings (SSSR count). The summed E-state index contributed by atoms with van der Waals surface area (Å²) in [6.07, 6.45) is 5.90. The van der Waals surface area contributed by atoms with Gasteiger partial charge in [-0.25, -0.2) is 0 Å². The summed E-state index contributed by atoms with van der Waals surface area (Å²) >= 11 is 0. The summed E-state index contributed by atoms with van der Waals surface area (Å²) in [7, 11) is 0. The summed E-state index contributed by atoms with van der Waals surface area (Å²) in [4.78, 5) is 0. The molecule has 1 aliphatic carbocycles. The summed E-state index contributed by atoms with van der Waals surface area (Å²) in [6.45, 7) is 9.41. The fourth-order valence-corrected chi connectivity index (χ4v) is 2.64. The lowest BCUT2D eigenvalue weighted by atomic mass is 9.70. The Kier molecular flexibility index (Phi) is 5.26. The van der Waals surface area contributed by atoms with E-state index in [0.717, 1.165) is 6.42 Å². The van der Waals surface area contributed by atoms with Gasteiger partial charge in [0.05, 0.1) is 18.8 Å². The molecule has 1 aliphatic rings. The number of ether oxygens (including phenoxy) is 1. The molecule has 0 aromatic carbocycles. The first-order valence-corrected chi connectivity index (χ1v) is 6.74. The van der Waals surface area contributed by atoms with Crippen molar-refractivity contribution in [3.8, 4) is 0 Å². The number of hydrogen-bond acceptors (Lipinski definition) is 2. The molecule has 2 heteroatoms. The maximum Gasteiger partial charge on any atom is 0.0771 e. The lowest BCUT2D eigenvalue weighted by Crippen LogP contribution is -2.38. The molecule has 0 unspecified atom stereocenters. The zero-order valence-corrected chi connectivity index (χ0v) is 11.3. The van der Waals surface area contributed by atoms with Crippen LogP contribution in [0.2, 0.25) is 0 Å². The molecule has 0 radical (unpaired) electrons. The maximum absolute atomic E-state index is 9.55. The van der Waals surface area contributed by atoms with E-state index in [2.05, 4.69) is 20.8 Å². The van der Waals surface area contributed by atoms with Gasteiger partial charge in [0.2, 0.25) is 0 Å². The fourth-order valence-electron chi connectivity index (χ4n) is 2.64. The average Bonchev–Trinajstić information content (AvgIpc) is 2.25. The standard InChI is InChI=1S/C14H28O2/c1-5-11(15)10-16-13-9-7-6-8-12(13)14(2,3)4/h11-13,15H,5-10H2,1-4H3/t11-,12-,13-/m0/s1. The van der Waals surface area contributed by atoms with Gasteiger partial charge in [0.1, 0.15) is 0 Å². The van der Waals surface area contributed by atoms with Crippen LogP contribution in [-0.4, -0.2) is 23.9 Å². The molecule has 1 fully saturated rings. The van der Waals surface area contributed by atoms with Gasteiger partial charge in [0.25, 0.3) is 0 Å². The molecule has 0 heterocycles. The second kappa shape index (κ2) is 6.02. The smallest absolute Gasteiger partial charge is 0.0771 e. The summed E-state index contributed by atoms with van der Waals surface area (Å²) in [6, 6.07) is 0. The maximum atomic E-state index is 9.55. The minimum atomic E-state index is -0.289. The molecule has 1 saturated carbocycles. The minimum absolute atomic E-state index is 0.289. The Morgan fingerprint density at radius 2 is 1.88 bits per heavy atom. The van der Waals surface area contributed by atoms with E-state index in [-0.39, 0.29) is 6.10 Å². The lowest BCUT2D eigenvalue weighted by Gasteiger charge is -2.40. The number of hydrogen-bond donors (Lipinski definition) is 1. The first kappa shape index (κ1) is 14.0. The van der Waals surface area contributed by atoms with Crippen molar-refractivity contribution in [3.63, 3.8) is 0 Å². The lowest BCUT2D eigenvalue weighted by molar-refractivity contribution is -0.0756. The Hall–Kier alpha value is -0.0800. The van der Waals surface area contributed by atoms with Gasteiger partial charge < -0.3 is 9.84 Å². The Bertz CT molecular complexity index is 195. The summed E-state index contributed by atoms with van der Waals surface area (Å²) in [5.41, 5.74) is 0.322. The molecule has 2 nitrogen and oxygen atoms in total. The number of aliphatic hydroxyl groups is 1. The molecule has 0 aromatic rings. The van der Waals surface area contributed by atoms with Crippen molar-refractivity contribution >= 4 is 0 Å². The Labute approximate surface area is 100 Å². The summed E-state index contributed by atoms with van der Waals surface area (Å²) < 4.78 is 5.92. The molecule has 1 N–H and O–H groups in total. The first-order valence-electron chi connectivity index (χ1n) is 6.74. The van der Waals surface area contributed by atoms with Gasteiger partial charge >= 0.3 is 0 Å². The van der Waals surface area contributed by atoms with E-state index in [1.807, 2.05) is 6.92 Å². The van der Waals surface area contributed by atoms with Crippen LogP contribution in [0.1, 0.15) is 59.8 Å². The highest BCUT2D eigenvalue weighted by molar-refractivity contribution is 4.84. The molecule has 16 heavy (non-hydrogen) atoms. The van der Waals surface area contributed by atoms with Crippen molar-refractivity contribution in [2.24, 2.45) is 11.3 Å². The first-order chi connectivity index (χ1) is 7.45. The predicted molar refractivity (Wildman–Crippen MR) is 67.5 cm³/mol. The minimum Gasteiger partial charge on any atom is -0.391 e. The average molecular weight is 228 g/mol. The SMILES string of the molecule is CC[C@H](O)CO[C@H]1CCCC[C@@H]1C(C)(C)C. The molecule has 0 bridgehead atoms. The third-order valence-electron chi connectivity index (χ3n) is 3.79. The molecular formula is C14H28O2. The second-order valence-electron chi connectivity index (χ2n) is 6.19. The molecule has 96 valence electrons. The van der Waals surface area contributed by atoms with Crippen molar-refractivity contribution in [2.45, 2.75) is 72.0 Å². The summed E-state index contributed by atoms with van der Waals surface area (Å²) in [5.74, 6) is 0.644. The third kappa shape index (κ3) is 4.06. The van der Waals surface area contributed by atoms with Crippen molar-refractivity contribution in [1.29, 1.82) is 0 Å². The normalized spacial score (nSPS) is 29.1. The molecule has 0 aliphatic heterocycles. The van der Waals surface area contributed by atoms with Crippen LogP contribution in [0.25, 0.3) is 0 Å². The van der Waals surface area contributed by atoms with E-state index < -0.39 is 0 Å². The molecule has 3 atom stereocenters. The van der Waals surface area contributed by atoms with Gasteiger partial charge in [-0.05, 0) is 30.6 Å². The Balaban J connectivity index is 2.47. The third-order valence-corrected chi connectivity index (χ3v) is 3.79. The van der Waals surface area contributed by atoms with Gasteiger partial charge in [0.15, 0.2) is 0 Å². The Morgan fingerprint density at radius 3 is 2.44 bits per heavy atom. The largest absolute Gasteiger partial charge is 0.391 e. The van der Waals surface area contributed by atoms with E-state index >= 15 is 0 Å². The highest BCUT2D eigenvalue weighted by Crippen LogP contribution is 2.39. The van der Waals surface area contributed by atoms with E-state index in [1.54, 1.807) is 0 Å². The van der Waals surface area contributed by atoms with Crippen molar-refractivity contribution in [3.05, 3.63) is 0 Å².